The molecule has 2 aromatic heterocycles. The number of nitrogens with one attached hydrogen (secondary N) is 2. The van der Waals surface area contributed by atoms with Gasteiger partial charge in [0.25, 0.3) is 0 Å². The first-order chi connectivity index (χ1) is 11.1. The van der Waals surface area contributed by atoms with Gasteiger partial charge in [0.1, 0.15) is 12.0 Å². The molecule has 0 aliphatic carbocycles. The molecule has 0 fully saturated rings. The molecule has 3 rings (SSSR count). The van der Waals surface area contributed by atoms with E-state index < -0.39 is 0 Å². The van der Waals surface area contributed by atoms with E-state index in [1.807, 2.05) is 54.2 Å². The fourth-order valence-corrected chi connectivity index (χ4v) is 2.53. The molecule has 0 aliphatic heterocycles. The van der Waals surface area contributed by atoms with Crippen molar-refractivity contribution in [2.75, 3.05) is 12.4 Å². The molecule has 0 atom stereocenters. The molecule has 0 radical (unpaired) electrons. The highest BCUT2D eigenvalue weighted by Gasteiger charge is 2.08. The van der Waals surface area contributed by atoms with Gasteiger partial charge in [0.05, 0.1) is 0 Å². The number of hydrogen-bond acceptors (Lipinski definition) is 4. The number of carbonyl (C=O) groups is 1. The number of rotatable bonds is 3. The molecule has 3 aromatic rings. The third kappa shape index (κ3) is 4.20. The molecule has 2 N–H and O–H groups in total. The van der Waals surface area contributed by atoms with Crippen molar-refractivity contribution in [3.8, 4) is 17.1 Å². The summed E-state index contributed by atoms with van der Waals surface area (Å²) in [7, 11) is 1.89. The third-order valence-electron chi connectivity index (χ3n) is 2.99. The summed E-state index contributed by atoms with van der Waals surface area (Å²) in [6.45, 7) is 1.44. The molecule has 2 heterocycles. The number of carbonyl (C=O) groups excluding carboxylic acids is 1. The van der Waals surface area contributed by atoms with Crippen molar-refractivity contribution in [2.45, 2.75) is 6.92 Å². The Labute approximate surface area is 147 Å². The number of H-pyrrole nitrogens is 1. The van der Waals surface area contributed by atoms with Crippen molar-refractivity contribution in [1.82, 2.24) is 9.55 Å². The number of nitrogens with zero attached hydrogens (tertiary/aromatic N) is 1. The smallest absolute Gasteiger partial charge is 0.182 e. The first-order valence-electron chi connectivity index (χ1n) is 6.84. The van der Waals surface area contributed by atoms with Gasteiger partial charge in [-0.2, -0.15) is 0 Å². The number of aromatic nitrogens is 2. The van der Waals surface area contributed by atoms with E-state index in [1.54, 1.807) is 0 Å². The monoisotopic (exact) mass is 393 g/mol. The highest BCUT2D eigenvalue weighted by atomic mass is 79.9. The van der Waals surface area contributed by atoms with Crippen molar-refractivity contribution >= 4 is 40.1 Å². The van der Waals surface area contributed by atoms with Crippen LogP contribution in [-0.4, -0.2) is 22.9 Å². The second-order valence-electron chi connectivity index (χ2n) is 4.48. The first-order valence-corrected chi connectivity index (χ1v) is 8.04. The molecule has 0 aliphatic rings. The van der Waals surface area contributed by atoms with Crippen molar-refractivity contribution < 1.29 is 9.21 Å². The molecule has 23 heavy (non-hydrogen) atoms. The number of aldehydes is 1. The van der Waals surface area contributed by atoms with Crippen LogP contribution in [0, 0.1) is 4.77 Å². The molecule has 0 unspecified atom stereocenters. The van der Waals surface area contributed by atoms with E-state index in [9.17, 15) is 0 Å². The Kier molecular flexibility index (Phi) is 5.95. The summed E-state index contributed by atoms with van der Waals surface area (Å²) < 4.78 is 8.77. The van der Waals surface area contributed by atoms with Gasteiger partial charge < -0.3 is 19.5 Å². The molecule has 0 saturated carbocycles. The Bertz CT molecular complexity index is 834. The zero-order valence-corrected chi connectivity index (χ0v) is 15.1. The number of anilines is 1. The van der Waals surface area contributed by atoms with Crippen molar-refractivity contribution in [1.29, 1.82) is 0 Å². The molecule has 1 aromatic carbocycles. The lowest BCUT2D eigenvalue weighted by Crippen LogP contribution is -1.93. The highest BCUT2D eigenvalue weighted by molar-refractivity contribution is 9.10. The standard InChI is InChI=1S/C14H12BrN3OS.C2H4O/c1-16-9-2-4-10(5-3-9)18-8-11(17-14(18)20)12-6-7-13(15)19-12;1-2-3/h2-8,16H,1H3,(H,17,20);2H,1H3. The van der Waals surface area contributed by atoms with Crippen molar-refractivity contribution in [3.05, 3.63) is 52.0 Å². The predicted octanol–water partition coefficient (Wildman–Crippen LogP) is 4.80. The quantitative estimate of drug-likeness (QED) is 0.495. The van der Waals surface area contributed by atoms with Gasteiger partial charge in [-0.05, 0) is 71.5 Å². The van der Waals surface area contributed by atoms with Gasteiger partial charge in [-0.3, -0.25) is 4.57 Å². The van der Waals surface area contributed by atoms with E-state index in [0.717, 1.165) is 29.1 Å². The molecule has 120 valence electrons. The zero-order chi connectivity index (χ0) is 16.8. The van der Waals surface area contributed by atoms with E-state index in [4.69, 9.17) is 21.4 Å². The van der Waals surface area contributed by atoms with Crippen LogP contribution in [0.2, 0.25) is 0 Å². The van der Waals surface area contributed by atoms with Crippen LogP contribution in [0.25, 0.3) is 17.1 Å². The van der Waals surface area contributed by atoms with E-state index in [0.29, 0.717) is 9.44 Å². The second kappa shape index (κ2) is 7.94. The van der Waals surface area contributed by atoms with Crippen LogP contribution in [0.1, 0.15) is 6.92 Å². The highest BCUT2D eigenvalue weighted by Crippen LogP contribution is 2.25. The summed E-state index contributed by atoms with van der Waals surface area (Å²) >= 11 is 8.66. The van der Waals surface area contributed by atoms with Gasteiger partial charge in [0.15, 0.2) is 15.2 Å². The minimum Gasteiger partial charge on any atom is -0.448 e. The Morgan fingerprint density at radius 1 is 1.26 bits per heavy atom. The topological polar surface area (TPSA) is 63.0 Å². The summed E-state index contributed by atoms with van der Waals surface area (Å²) in [5.41, 5.74) is 2.91. The maximum absolute atomic E-state index is 8.81. The summed E-state index contributed by atoms with van der Waals surface area (Å²) in [4.78, 5) is 12.0. The number of aromatic amines is 1. The van der Waals surface area contributed by atoms with Crippen LogP contribution in [0.3, 0.4) is 0 Å². The van der Waals surface area contributed by atoms with Gasteiger partial charge >= 0.3 is 0 Å². The molecule has 0 spiro atoms. The van der Waals surface area contributed by atoms with Crippen LogP contribution in [-0.2, 0) is 4.79 Å². The SMILES string of the molecule is CC=O.CNc1ccc(-n2cc(-c3ccc(Br)o3)[nH]c2=S)cc1. The summed E-state index contributed by atoms with van der Waals surface area (Å²) in [5, 5.41) is 3.09. The lowest BCUT2D eigenvalue weighted by atomic mass is 10.3. The molecular formula is C16H16BrN3O2S. The van der Waals surface area contributed by atoms with E-state index in [2.05, 4.69) is 26.2 Å². The minimum atomic E-state index is 0.629. The summed E-state index contributed by atoms with van der Waals surface area (Å²) in [5.74, 6) is 0.744. The van der Waals surface area contributed by atoms with E-state index in [-0.39, 0.29) is 0 Å². The maximum Gasteiger partial charge on any atom is 0.182 e. The average molecular weight is 394 g/mol. The molecule has 0 saturated heterocycles. The van der Waals surface area contributed by atoms with Crippen LogP contribution < -0.4 is 5.32 Å². The molecule has 0 bridgehead atoms. The fourth-order valence-electron chi connectivity index (χ4n) is 1.96. The lowest BCUT2D eigenvalue weighted by Gasteiger charge is -2.04. The maximum atomic E-state index is 8.81. The van der Waals surface area contributed by atoms with Crippen molar-refractivity contribution in [3.63, 3.8) is 0 Å². The first kappa shape index (κ1) is 17.2. The Balaban J connectivity index is 0.000000595. The van der Waals surface area contributed by atoms with Crippen LogP contribution in [0.4, 0.5) is 5.69 Å². The van der Waals surface area contributed by atoms with Gasteiger partial charge in [-0.15, -0.1) is 0 Å². The largest absolute Gasteiger partial charge is 0.448 e. The molecule has 7 heteroatoms. The average Bonchev–Trinajstić information content (AvgIpc) is 3.14. The third-order valence-corrected chi connectivity index (χ3v) is 3.72. The van der Waals surface area contributed by atoms with Crippen LogP contribution >= 0.6 is 28.1 Å². The molecule has 0 amide bonds. The Morgan fingerprint density at radius 3 is 2.43 bits per heavy atom. The number of halogens is 1. The zero-order valence-electron chi connectivity index (χ0n) is 12.7. The second-order valence-corrected chi connectivity index (χ2v) is 5.65. The molecular weight excluding hydrogens is 378 g/mol. The number of hydrogen-bond donors (Lipinski definition) is 2. The normalized spacial score (nSPS) is 9.87. The van der Waals surface area contributed by atoms with E-state index in [1.165, 1.54) is 6.92 Å². The van der Waals surface area contributed by atoms with Gasteiger partial charge in [0, 0.05) is 24.6 Å². The summed E-state index contributed by atoms with van der Waals surface area (Å²) in [6.07, 6.45) is 2.68. The van der Waals surface area contributed by atoms with Crippen LogP contribution in [0.5, 0.6) is 0 Å². The number of imidazole rings is 1. The number of furan rings is 1. The Hall–Kier alpha value is -2.12. The Morgan fingerprint density at radius 2 is 1.91 bits per heavy atom. The van der Waals surface area contributed by atoms with Gasteiger partial charge in [-0.1, -0.05) is 0 Å². The lowest BCUT2D eigenvalue weighted by molar-refractivity contribution is -0.106. The van der Waals surface area contributed by atoms with E-state index >= 15 is 0 Å². The van der Waals surface area contributed by atoms with Crippen molar-refractivity contribution in [2.24, 2.45) is 0 Å². The van der Waals surface area contributed by atoms with Crippen LogP contribution in [0.15, 0.2) is 51.7 Å². The number of benzene rings is 1. The molecule has 5 nitrogen and oxygen atoms in total. The fraction of sp³-hybridized carbons (Fsp3) is 0.125. The minimum absolute atomic E-state index is 0.629. The van der Waals surface area contributed by atoms with Gasteiger partial charge in [-0.25, -0.2) is 0 Å². The summed E-state index contributed by atoms with van der Waals surface area (Å²) in [6, 6.07) is 11.8. The predicted molar refractivity (Wildman–Crippen MR) is 97.6 cm³/mol. The van der Waals surface area contributed by atoms with Gasteiger partial charge in [0.2, 0.25) is 0 Å².